The second-order valence-electron chi connectivity index (χ2n) is 8.90. The molecule has 2 aliphatic rings. The minimum Gasteiger partial charge on any atom is -0.490 e. The molecule has 7 heteroatoms. The molecule has 0 unspecified atom stereocenters. The lowest BCUT2D eigenvalue weighted by atomic mass is 9.90. The third-order valence-corrected chi connectivity index (χ3v) is 6.63. The highest BCUT2D eigenvalue weighted by Crippen LogP contribution is 2.28. The van der Waals surface area contributed by atoms with Crippen LogP contribution in [0.4, 0.5) is 0 Å². The fourth-order valence-corrected chi connectivity index (χ4v) is 4.81. The van der Waals surface area contributed by atoms with E-state index in [2.05, 4.69) is 5.10 Å². The summed E-state index contributed by atoms with van der Waals surface area (Å²) in [5, 5.41) is 4.47. The summed E-state index contributed by atoms with van der Waals surface area (Å²) in [6.07, 6.45) is 4.36. The molecule has 1 aromatic heterocycles. The maximum absolute atomic E-state index is 13.2. The van der Waals surface area contributed by atoms with E-state index in [0.717, 1.165) is 43.9 Å². The number of hydrogen-bond acceptors (Lipinski definition) is 4. The van der Waals surface area contributed by atoms with Gasteiger partial charge >= 0.3 is 0 Å². The second-order valence-corrected chi connectivity index (χ2v) is 8.90. The maximum Gasteiger partial charge on any atom is 0.274 e. The van der Waals surface area contributed by atoms with Crippen molar-refractivity contribution in [1.82, 2.24) is 19.6 Å². The Morgan fingerprint density at radius 3 is 2.50 bits per heavy atom. The molecule has 3 heterocycles. The van der Waals surface area contributed by atoms with Crippen LogP contribution in [-0.4, -0.2) is 63.7 Å². The van der Waals surface area contributed by atoms with Crippen LogP contribution in [0.5, 0.6) is 5.75 Å². The molecular formula is C25H34N4O3. The molecule has 32 heavy (non-hydrogen) atoms. The Balaban J connectivity index is 1.48. The zero-order valence-electron chi connectivity index (χ0n) is 19.2. The van der Waals surface area contributed by atoms with Crippen LogP contribution in [-0.2, 0) is 11.3 Å². The number of likely N-dealkylation sites (tertiary alicyclic amines) is 2. The van der Waals surface area contributed by atoms with Gasteiger partial charge in [0.05, 0.1) is 0 Å². The summed E-state index contributed by atoms with van der Waals surface area (Å²) in [4.78, 5) is 30.1. The van der Waals surface area contributed by atoms with Gasteiger partial charge in [-0.3, -0.25) is 14.3 Å². The maximum atomic E-state index is 13.2. The van der Waals surface area contributed by atoms with Crippen molar-refractivity contribution in [2.24, 2.45) is 5.92 Å². The molecule has 4 rings (SSSR count). The summed E-state index contributed by atoms with van der Waals surface area (Å²) in [6.45, 7) is 7.50. The molecule has 2 atom stereocenters. The standard InChI is InChI=1S/C25H34N4O3/c1-3-29-19(2)16-22(26-29)25(31)28-15-12-23(32-21-10-6-4-7-11-21)20(18-28)17-24(30)27-13-8-5-9-14-27/h4,6-7,10-11,16,20,23H,3,5,8-9,12-15,17-18H2,1-2H3/t20-,23-/m0/s1. The zero-order chi connectivity index (χ0) is 22.5. The van der Waals surface area contributed by atoms with E-state index in [4.69, 9.17) is 4.74 Å². The van der Waals surface area contributed by atoms with Gasteiger partial charge in [-0.05, 0) is 51.3 Å². The van der Waals surface area contributed by atoms with E-state index in [9.17, 15) is 9.59 Å². The Kier molecular flexibility index (Phi) is 7.12. The summed E-state index contributed by atoms with van der Waals surface area (Å²) in [7, 11) is 0. The third-order valence-electron chi connectivity index (χ3n) is 6.63. The van der Waals surface area contributed by atoms with Gasteiger partial charge in [-0.15, -0.1) is 0 Å². The molecule has 2 saturated heterocycles. The van der Waals surface area contributed by atoms with E-state index in [1.165, 1.54) is 6.42 Å². The number of aromatic nitrogens is 2. The normalized spacial score (nSPS) is 21.4. The van der Waals surface area contributed by atoms with E-state index < -0.39 is 0 Å². The monoisotopic (exact) mass is 438 g/mol. The molecule has 2 aromatic rings. The van der Waals surface area contributed by atoms with Crippen LogP contribution in [0.15, 0.2) is 36.4 Å². The van der Waals surface area contributed by atoms with Gasteiger partial charge in [0.25, 0.3) is 5.91 Å². The van der Waals surface area contributed by atoms with Crippen LogP contribution in [0.2, 0.25) is 0 Å². The van der Waals surface area contributed by atoms with Crippen molar-refractivity contribution in [3.8, 4) is 5.75 Å². The van der Waals surface area contributed by atoms with Crippen molar-refractivity contribution >= 4 is 11.8 Å². The molecule has 1 aromatic carbocycles. The molecule has 0 bridgehead atoms. The van der Waals surface area contributed by atoms with Gasteiger partial charge in [0.1, 0.15) is 11.9 Å². The average molecular weight is 439 g/mol. The minimum atomic E-state index is -0.0925. The van der Waals surface area contributed by atoms with Gasteiger partial charge in [0.2, 0.25) is 5.91 Å². The highest BCUT2D eigenvalue weighted by Gasteiger charge is 2.36. The highest BCUT2D eigenvalue weighted by atomic mass is 16.5. The first kappa shape index (κ1) is 22.4. The molecule has 2 fully saturated rings. The molecule has 172 valence electrons. The quantitative estimate of drug-likeness (QED) is 0.692. The Hall–Kier alpha value is -2.83. The minimum absolute atomic E-state index is 0.0447. The lowest BCUT2D eigenvalue weighted by Crippen LogP contribution is -2.50. The van der Waals surface area contributed by atoms with Gasteiger partial charge < -0.3 is 14.5 Å². The first-order valence-electron chi connectivity index (χ1n) is 11.9. The SMILES string of the molecule is CCn1nc(C(=O)N2CC[C@H](Oc3ccccc3)[C@@H](CC(=O)N3CCCCC3)C2)cc1C. The number of aryl methyl sites for hydroxylation is 2. The Morgan fingerprint density at radius 2 is 1.81 bits per heavy atom. The number of benzene rings is 1. The number of hydrogen-bond donors (Lipinski definition) is 0. The van der Waals surface area contributed by atoms with Crippen molar-refractivity contribution < 1.29 is 14.3 Å². The van der Waals surface area contributed by atoms with Crippen LogP contribution in [0, 0.1) is 12.8 Å². The topological polar surface area (TPSA) is 67.7 Å². The molecule has 2 amide bonds. The average Bonchev–Trinajstić information content (AvgIpc) is 3.21. The molecule has 0 aliphatic carbocycles. The van der Waals surface area contributed by atoms with Crippen LogP contribution in [0.3, 0.4) is 0 Å². The Bertz CT molecular complexity index is 921. The number of rotatable bonds is 6. The summed E-state index contributed by atoms with van der Waals surface area (Å²) in [6, 6.07) is 11.6. The molecule has 0 saturated carbocycles. The molecule has 7 nitrogen and oxygen atoms in total. The molecule has 0 N–H and O–H groups in total. The van der Waals surface area contributed by atoms with E-state index in [1.807, 2.05) is 64.7 Å². The van der Waals surface area contributed by atoms with Crippen LogP contribution >= 0.6 is 0 Å². The summed E-state index contributed by atoms with van der Waals surface area (Å²) >= 11 is 0. The number of carbonyl (C=O) groups excluding carboxylic acids is 2. The van der Waals surface area contributed by atoms with E-state index >= 15 is 0 Å². The number of piperidine rings is 2. The smallest absolute Gasteiger partial charge is 0.274 e. The summed E-state index contributed by atoms with van der Waals surface area (Å²) in [5.74, 6) is 0.882. The first-order valence-corrected chi connectivity index (χ1v) is 11.9. The fourth-order valence-electron chi connectivity index (χ4n) is 4.81. The predicted octanol–water partition coefficient (Wildman–Crippen LogP) is 3.52. The lowest BCUT2D eigenvalue weighted by Gasteiger charge is -2.39. The van der Waals surface area contributed by atoms with Crippen molar-refractivity contribution in [2.45, 2.75) is 58.6 Å². The summed E-state index contributed by atoms with van der Waals surface area (Å²) < 4.78 is 8.15. The van der Waals surface area contributed by atoms with Crippen molar-refractivity contribution in [2.75, 3.05) is 26.2 Å². The Morgan fingerprint density at radius 1 is 1.06 bits per heavy atom. The zero-order valence-corrected chi connectivity index (χ0v) is 19.2. The van der Waals surface area contributed by atoms with Crippen LogP contribution < -0.4 is 4.74 Å². The molecular weight excluding hydrogens is 404 g/mol. The summed E-state index contributed by atoms with van der Waals surface area (Å²) in [5.41, 5.74) is 1.46. The van der Waals surface area contributed by atoms with E-state index in [-0.39, 0.29) is 23.8 Å². The fraction of sp³-hybridized carbons (Fsp3) is 0.560. The van der Waals surface area contributed by atoms with Gasteiger partial charge in [-0.2, -0.15) is 5.10 Å². The largest absolute Gasteiger partial charge is 0.490 e. The van der Waals surface area contributed by atoms with Crippen molar-refractivity contribution in [1.29, 1.82) is 0 Å². The number of amides is 2. The lowest BCUT2D eigenvalue weighted by molar-refractivity contribution is -0.134. The van der Waals surface area contributed by atoms with Gasteiger partial charge in [-0.25, -0.2) is 0 Å². The predicted molar refractivity (Wildman–Crippen MR) is 123 cm³/mol. The van der Waals surface area contributed by atoms with E-state index in [0.29, 0.717) is 31.6 Å². The molecule has 0 spiro atoms. The number of nitrogens with zero attached hydrogens (tertiary/aromatic N) is 4. The number of para-hydroxylation sites is 1. The number of carbonyl (C=O) groups is 2. The Labute approximate surface area is 190 Å². The third kappa shape index (κ3) is 5.14. The van der Waals surface area contributed by atoms with Gasteiger partial charge in [-0.1, -0.05) is 18.2 Å². The number of ether oxygens (including phenoxy) is 1. The highest BCUT2D eigenvalue weighted by molar-refractivity contribution is 5.92. The first-order chi connectivity index (χ1) is 15.5. The van der Waals surface area contributed by atoms with Crippen LogP contribution in [0.25, 0.3) is 0 Å². The van der Waals surface area contributed by atoms with Crippen LogP contribution in [0.1, 0.15) is 55.2 Å². The van der Waals surface area contributed by atoms with Gasteiger partial charge in [0, 0.05) is 57.2 Å². The molecule has 2 aliphatic heterocycles. The van der Waals surface area contributed by atoms with Crippen molar-refractivity contribution in [3.63, 3.8) is 0 Å². The van der Waals surface area contributed by atoms with Crippen molar-refractivity contribution in [3.05, 3.63) is 47.8 Å². The van der Waals surface area contributed by atoms with E-state index in [1.54, 1.807) is 0 Å². The molecule has 0 radical (unpaired) electrons. The van der Waals surface area contributed by atoms with Gasteiger partial charge in [0.15, 0.2) is 5.69 Å². The second kappa shape index (κ2) is 10.2.